The number of benzene rings is 1. The molecule has 0 unspecified atom stereocenters. The Kier molecular flexibility index (Phi) is 3.21. The molecule has 0 atom stereocenters. The van der Waals surface area contributed by atoms with E-state index >= 15 is 0 Å². The fourth-order valence-corrected chi connectivity index (χ4v) is 0.900. The molecule has 0 amide bonds. The Labute approximate surface area is 81.3 Å². The zero-order chi connectivity index (χ0) is 10.6. The van der Waals surface area contributed by atoms with Crippen LogP contribution in [0.15, 0.2) is 30.3 Å². The summed E-state index contributed by atoms with van der Waals surface area (Å²) < 4.78 is 24.8. The molecule has 1 aromatic rings. The van der Waals surface area contributed by atoms with Crippen molar-refractivity contribution < 1.29 is 22.4 Å². The second kappa shape index (κ2) is 4.21. The molecule has 0 N–H and O–H groups in total. The summed E-state index contributed by atoms with van der Waals surface area (Å²) >= 11 is 0. The van der Waals surface area contributed by atoms with Crippen molar-refractivity contribution in [3.63, 3.8) is 0 Å². The third-order valence-electron chi connectivity index (χ3n) is 1.24. The van der Waals surface area contributed by atoms with Crippen LogP contribution in [0, 0.1) is 0 Å². The van der Waals surface area contributed by atoms with Crippen LogP contribution in [0.5, 0.6) is 0 Å². The third-order valence-corrected chi connectivity index (χ3v) is 1.56. The Morgan fingerprint density at radius 2 is 1.79 bits per heavy atom. The van der Waals surface area contributed by atoms with Crippen LogP contribution in [0.3, 0.4) is 0 Å². The van der Waals surface area contributed by atoms with E-state index in [4.69, 9.17) is 0 Å². The first kappa shape index (κ1) is 10.7. The van der Waals surface area contributed by atoms with Crippen LogP contribution in [0.2, 0.25) is 0 Å². The first-order valence-corrected chi connectivity index (χ1v) is 5.46. The highest BCUT2D eigenvalue weighted by Gasteiger charge is 2.11. The van der Waals surface area contributed by atoms with Gasteiger partial charge in [-0.1, -0.05) is 22.5 Å². The van der Waals surface area contributed by atoms with Crippen molar-refractivity contribution in [1.82, 2.24) is 0 Å². The SMILES string of the molecule is CS(=O)(=O)OOC(=O)c1ccccc1. The van der Waals surface area contributed by atoms with E-state index in [1.807, 2.05) is 0 Å². The lowest BCUT2D eigenvalue weighted by atomic mass is 10.2. The fourth-order valence-electron chi connectivity index (χ4n) is 0.715. The molecule has 1 aromatic carbocycles. The standard InChI is InChI=1S/C8H8O5S/c1-14(10,11)13-12-8(9)7-5-3-2-4-6-7/h2-6H,1H3. The molecule has 0 aliphatic heterocycles. The number of hydrogen-bond donors (Lipinski definition) is 0. The molecule has 0 aliphatic carbocycles. The molecule has 0 fully saturated rings. The van der Waals surface area contributed by atoms with Crippen LogP contribution in [-0.2, 0) is 19.3 Å². The van der Waals surface area contributed by atoms with Gasteiger partial charge in [-0.3, -0.25) is 4.89 Å². The topological polar surface area (TPSA) is 69.7 Å². The average molecular weight is 216 g/mol. The zero-order valence-corrected chi connectivity index (χ0v) is 8.15. The smallest absolute Gasteiger partial charge is 0.276 e. The van der Waals surface area contributed by atoms with Gasteiger partial charge in [0.2, 0.25) is 0 Å². The maximum atomic E-state index is 11.1. The van der Waals surface area contributed by atoms with Crippen molar-refractivity contribution >= 4 is 16.1 Å². The number of carbonyl (C=O) groups is 1. The van der Waals surface area contributed by atoms with Crippen LogP contribution in [-0.4, -0.2) is 20.6 Å². The van der Waals surface area contributed by atoms with E-state index in [0.29, 0.717) is 0 Å². The predicted molar refractivity (Wildman–Crippen MR) is 47.8 cm³/mol. The van der Waals surface area contributed by atoms with E-state index in [-0.39, 0.29) is 5.56 Å². The van der Waals surface area contributed by atoms with Gasteiger partial charge in [0.1, 0.15) is 0 Å². The van der Waals surface area contributed by atoms with E-state index in [2.05, 4.69) is 9.22 Å². The van der Waals surface area contributed by atoms with Gasteiger partial charge in [0.25, 0.3) is 10.1 Å². The summed E-state index contributed by atoms with van der Waals surface area (Å²) in [6.07, 6.45) is 0.783. The quantitative estimate of drug-likeness (QED) is 0.550. The summed E-state index contributed by atoms with van der Waals surface area (Å²) in [7, 11) is -3.77. The van der Waals surface area contributed by atoms with Crippen molar-refractivity contribution in [1.29, 1.82) is 0 Å². The van der Waals surface area contributed by atoms with E-state index in [9.17, 15) is 13.2 Å². The Bertz CT molecular complexity index is 409. The molecule has 14 heavy (non-hydrogen) atoms. The van der Waals surface area contributed by atoms with Crippen molar-refractivity contribution in [2.75, 3.05) is 6.26 Å². The van der Waals surface area contributed by atoms with Gasteiger partial charge in [-0.2, -0.15) is 8.42 Å². The Morgan fingerprint density at radius 3 is 2.29 bits per heavy atom. The Balaban J connectivity index is 2.61. The summed E-state index contributed by atoms with van der Waals surface area (Å²) in [5, 5.41) is 0. The lowest BCUT2D eigenvalue weighted by Crippen LogP contribution is -2.10. The largest absolute Gasteiger partial charge is 0.374 e. The fraction of sp³-hybridized carbons (Fsp3) is 0.125. The van der Waals surface area contributed by atoms with Crippen LogP contribution >= 0.6 is 0 Å². The normalized spacial score (nSPS) is 10.9. The van der Waals surface area contributed by atoms with Gasteiger partial charge in [-0.05, 0) is 12.1 Å². The summed E-state index contributed by atoms with van der Waals surface area (Å²) in [5.41, 5.74) is 0.219. The molecule has 1 rings (SSSR count). The summed E-state index contributed by atoms with van der Waals surface area (Å²) in [6, 6.07) is 7.92. The highest BCUT2D eigenvalue weighted by Crippen LogP contribution is 2.02. The number of rotatable bonds is 3. The summed E-state index contributed by atoms with van der Waals surface area (Å²) in [6.45, 7) is 0. The molecule has 0 aliphatic rings. The molecule has 0 saturated carbocycles. The van der Waals surface area contributed by atoms with Crippen molar-refractivity contribution in [2.24, 2.45) is 0 Å². The lowest BCUT2D eigenvalue weighted by Gasteiger charge is -1.99. The summed E-state index contributed by atoms with van der Waals surface area (Å²) in [4.78, 5) is 15.1. The predicted octanol–water partition coefficient (Wildman–Crippen LogP) is 0.735. The van der Waals surface area contributed by atoms with Crippen LogP contribution in [0.4, 0.5) is 0 Å². The molecule has 6 heteroatoms. The molecule has 0 spiro atoms. The van der Waals surface area contributed by atoms with Gasteiger partial charge in [-0.15, -0.1) is 0 Å². The van der Waals surface area contributed by atoms with E-state index in [0.717, 1.165) is 6.26 Å². The zero-order valence-electron chi connectivity index (χ0n) is 7.34. The first-order chi connectivity index (χ1) is 6.49. The van der Waals surface area contributed by atoms with Gasteiger partial charge in [0.05, 0.1) is 11.8 Å². The van der Waals surface area contributed by atoms with Crippen molar-refractivity contribution in [3.8, 4) is 0 Å². The van der Waals surface area contributed by atoms with E-state index in [1.54, 1.807) is 18.2 Å². The first-order valence-electron chi connectivity index (χ1n) is 3.64. The maximum Gasteiger partial charge on any atom is 0.374 e. The van der Waals surface area contributed by atoms with Gasteiger partial charge in [0.15, 0.2) is 0 Å². The highest BCUT2D eigenvalue weighted by molar-refractivity contribution is 7.85. The molecule has 0 radical (unpaired) electrons. The minimum Gasteiger partial charge on any atom is -0.276 e. The number of hydrogen-bond acceptors (Lipinski definition) is 5. The summed E-state index contributed by atoms with van der Waals surface area (Å²) in [5.74, 6) is -0.851. The second-order valence-corrected chi connectivity index (χ2v) is 4.05. The van der Waals surface area contributed by atoms with E-state index < -0.39 is 16.1 Å². The van der Waals surface area contributed by atoms with Gasteiger partial charge < -0.3 is 0 Å². The Hall–Kier alpha value is -1.40. The molecular formula is C8H8O5S. The second-order valence-electron chi connectivity index (χ2n) is 2.51. The van der Waals surface area contributed by atoms with Crippen molar-refractivity contribution in [3.05, 3.63) is 35.9 Å². The molecule has 0 aromatic heterocycles. The van der Waals surface area contributed by atoms with Gasteiger partial charge >= 0.3 is 5.97 Å². The van der Waals surface area contributed by atoms with Crippen molar-refractivity contribution in [2.45, 2.75) is 0 Å². The molecular weight excluding hydrogens is 208 g/mol. The molecule has 0 saturated heterocycles. The van der Waals surface area contributed by atoms with Crippen LogP contribution in [0.1, 0.15) is 10.4 Å². The maximum absolute atomic E-state index is 11.1. The molecule has 0 bridgehead atoms. The third kappa shape index (κ3) is 3.55. The molecule has 5 nitrogen and oxygen atoms in total. The minimum atomic E-state index is -3.77. The lowest BCUT2D eigenvalue weighted by molar-refractivity contribution is -0.143. The van der Waals surface area contributed by atoms with Crippen LogP contribution in [0.25, 0.3) is 0 Å². The van der Waals surface area contributed by atoms with Crippen LogP contribution < -0.4 is 0 Å². The molecule has 76 valence electrons. The van der Waals surface area contributed by atoms with Gasteiger partial charge in [-0.25, -0.2) is 4.79 Å². The Morgan fingerprint density at radius 1 is 1.21 bits per heavy atom. The van der Waals surface area contributed by atoms with E-state index in [1.165, 1.54) is 12.1 Å². The van der Waals surface area contributed by atoms with Gasteiger partial charge in [0, 0.05) is 0 Å². The average Bonchev–Trinajstić information content (AvgIpc) is 2.14. The minimum absolute atomic E-state index is 0.219. The number of carbonyl (C=O) groups excluding carboxylic acids is 1. The monoisotopic (exact) mass is 216 g/mol. The highest BCUT2D eigenvalue weighted by atomic mass is 32.2. The molecule has 0 heterocycles.